The van der Waals surface area contributed by atoms with Crippen LogP contribution in [-0.2, 0) is 0 Å². The van der Waals surface area contributed by atoms with E-state index in [2.05, 4.69) is 69.2 Å². The molecule has 0 radical (unpaired) electrons. The number of hydrogen-bond acceptors (Lipinski definition) is 2. The molecule has 2 heteroatoms. The van der Waals surface area contributed by atoms with Crippen molar-refractivity contribution in [3.8, 4) is 0 Å². The Morgan fingerprint density at radius 3 is 2.37 bits per heavy atom. The lowest BCUT2D eigenvalue weighted by atomic mass is 9.89. The topological polar surface area (TPSA) is 15.3 Å². The first-order chi connectivity index (χ1) is 8.97. The number of nitrogens with zero attached hydrogens (tertiary/aromatic N) is 1. The number of likely N-dealkylation sites (tertiary alicyclic amines) is 1. The molecule has 0 aliphatic carbocycles. The van der Waals surface area contributed by atoms with Crippen molar-refractivity contribution in [1.29, 1.82) is 0 Å². The van der Waals surface area contributed by atoms with Crippen LogP contribution in [0.4, 0.5) is 5.69 Å². The van der Waals surface area contributed by atoms with E-state index in [0.29, 0.717) is 23.9 Å². The van der Waals surface area contributed by atoms with Gasteiger partial charge in [-0.25, -0.2) is 0 Å². The molecule has 1 aliphatic heterocycles. The highest BCUT2D eigenvalue weighted by atomic mass is 15.2. The Bertz CT molecular complexity index is 396. The molecule has 1 heterocycles. The lowest BCUT2D eigenvalue weighted by Gasteiger charge is -2.40. The first kappa shape index (κ1) is 14.4. The van der Waals surface area contributed by atoms with Gasteiger partial charge in [-0.2, -0.15) is 0 Å². The summed E-state index contributed by atoms with van der Waals surface area (Å²) in [5, 5.41) is 3.72. The SMILES string of the molecule is CC(C)c1ccc(NC2CC(C)N(C)CC2C)cc1. The molecule has 2 nitrogen and oxygen atoms in total. The van der Waals surface area contributed by atoms with Gasteiger partial charge in [0.25, 0.3) is 0 Å². The summed E-state index contributed by atoms with van der Waals surface area (Å²) in [6.07, 6.45) is 1.23. The molecule has 106 valence electrons. The predicted molar refractivity (Wildman–Crippen MR) is 83.8 cm³/mol. The van der Waals surface area contributed by atoms with Crippen molar-refractivity contribution in [2.75, 3.05) is 18.9 Å². The quantitative estimate of drug-likeness (QED) is 0.885. The van der Waals surface area contributed by atoms with Gasteiger partial charge >= 0.3 is 0 Å². The molecule has 0 amide bonds. The number of piperidine rings is 1. The fraction of sp³-hybridized carbons (Fsp3) is 0.647. The standard InChI is InChI=1S/C17H28N2/c1-12(2)15-6-8-16(9-7-15)18-17-10-14(4)19(5)11-13(17)3/h6-9,12-14,17-18H,10-11H2,1-5H3. The van der Waals surface area contributed by atoms with Crippen molar-refractivity contribution in [2.24, 2.45) is 5.92 Å². The molecule has 0 bridgehead atoms. The first-order valence-corrected chi connectivity index (χ1v) is 7.54. The highest BCUT2D eigenvalue weighted by Gasteiger charge is 2.28. The van der Waals surface area contributed by atoms with E-state index in [-0.39, 0.29) is 0 Å². The van der Waals surface area contributed by atoms with Crippen molar-refractivity contribution in [2.45, 2.75) is 52.1 Å². The van der Waals surface area contributed by atoms with Crippen LogP contribution in [-0.4, -0.2) is 30.6 Å². The first-order valence-electron chi connectivity index (χ1n) is 7.54. The molecule has 1 fully saturated rings. The lowest BCUT2D eigenvalue weighted by molar-refractivity contribution is 0.145. The third-order valence-electron chi connectivity index (χ3n) is 4.54. The average Bonchev–Trinajstić information content (AvgIpc) is 2.36. The average molecular weight is 260 g/mol. The van der Waals surface area contributed by atoms with Gasteiger partial charge in [0, 0.05) is 24.3 Å². The van der Waals surface area contributed by atoms with E-state index in [9.17, 15) is 0 Å². The zero-order valence-corrected chi connectivity index (χ0v) is 13.0. The summed E-state index contributed by atoms with van der Waals surface area (Å²) in [5.41, 5.74) is 2.67. The number of benzene rings is 1. The maximum Gasteiger partial charge on any atom is 0.0342 e. The molecule has 2 rings (SSSR count). The zero-order valence-electron chi connectivity index (χ0n) is 13.0. The summed E-state index contributed by atoms with van der Waals surface area (Å²) in [7, 11) is 2.23. The summed E-state index contributed by atoms with van der Waals surface area (Å²) in [4.78, 5) is 2.46. The van der Waals surface area contributed by atoms with Crippen LogP contribution in [0.5, 0.6) is 0 Å². The second-order valence-electron chi connectivity index (χ2n) is 6.53. The van der Waals surface area contributed by atoms with Crippen molar-refractivity contribution >= 4 is 5.69 Å². The Kier molecular flexibility index (Phi) is 4.51. The van der Waals surface area contributed by atoms with E-state index in [1.54, 1.807) is 0 Å². The molecule has 0 spiro atoms. The van der Waals surface area contributed by atoms with Crippen LogP contribution in [0.1, 0.15) is 45.6 Å². The molecule has 3 unspecified atom stereocenters. The van der Waals surface area contributed by atoms with E-state index < -0.39 is 0 Å². The maximum absolute atomic E-state index is 3.72. The summed E-state index contributed by atoms with van der Waals surface area (Å²) >= 11 is 0. The van der Waals surface area contributed by atoms with E-state index in [4.69, 9.17) is 0 Å². The van der Waals surface area contributed by atoms with Crippen LogP contribution in [0.25, 0.3) is 0 Å². The van der Waals surface area contributed by atoms with E-state index in [1.807, 2.05) is 0 Å². The Labute approximate surface area is 118 Å². The third kappa shape index (κ3) is 3.50. The van der Waals surface area contributed by atoms with Gasteiger partial charge in [-0.1, -0.05) is 32.9 Å². The van der Waals surface area contributed by atoms with Gasteiger partial charge in [0.15, 0.2) is 0 Å². The molecule has 0 aromatic heterocycles. The fourth-order valence-corrected chi connectivity index (χ4v) is 2.92. The molecular formula is C17H28N2. The van der Waals surface area contributed by atoms with Gasteiger partial charge in [0.1, 0.15) is 0 Å². The van der Waals surface area contributed by atoms with Crippen LogP contribution in [0, 0.1) is 5.92 Å². The van der Waals surface area contributed by atoms with Crippen LogP contribution >= 0.6 is 0 Å². The molecular weight excluding hydrogens is 232 g/mol. The second-order valence-corrected chi connectivity index (χ2v) is 6.53. The van der Waals surface area contributed by atoms with Gasteiger partial charge in [0.05, 0.1) is 0 Å². The largest absolute Gasteiger partial charge is 0.382 e. The zero-order chi connectivity index (χ0) is 14.0. The Hall–Kier alpha value is -1.02. The highest BCUT2D eigenvalue weighted by molar-refractivity contribution is 5.46. The van der Waals surface area contributed by atoms with E-state index >= 15 is 0 Å². The molecule has 1 aliphatic rings. The van der Waals surface area contributed by atoms with Crippen molar-refractivity contribution in [3.05, 3.63) is 29.8 Å². The molecule has 19 heavy (non-hydrogen) atoms. The Morgan fingerprint density at radius 2 is 1.79 bits per heavy atom. The summed E-state index contributed by atoms with van der Waals surface area (Å²) in [6.45, 7) is 10.3. The van der Waals surface area contributed by atoms with Gasteiger partial charge in [-0.15, -0.1) is 0 Å². The fourth-order valence-electron chi connectivity index (χ4n) is 2.92. The monoisotopic (exact) mass is 260 g/mol. The number of rotatable bonds is 3. The molecule has 0 saturated carbocycles. The summed E-state index contributed by atoms with van der Waals surface area (Å²) in [6, 6.07) is 10.2. The molecule has 3 atom stereocenters. The Balaban J connectivity index is 2.00. The van der Waals surface area contributed by atoms with Crippen molar-refractivity contribution in [3.63, 3.8) is 0 Å². The minimum Gasteiger partial charge on any atom is -0.382 e. The Morgan fingerprint density at radius 1 is 1.16 bits per heavy atom. The van der Waals surface area contributed by atoms with Gasteiger partial charge in [-0.05, 0) is 49.9 Å². The smallest absolute Gasteiger partial charge is 0.0342 e. The maximum atomic E-state index is 3.72. The van der Waals surface area contributed by atoms with Gasteiger partial charge in [0.2, 0.25) is 0 Å². The lowest BCUT2D eigenvalue weighted by Crippen LogP contribution is -2.48. The van der Waals surface area contributed by atoms with Crippen LogP contribution in [0.3, 0.4) is 0 Å². The number of nitrogens with one attached hydrogen (secondary N) is 1. The summed E-state index contributed by atoms with van der Waals surface area (Å²) in [5.74, 6) is 1.31. The van der Waals surface area contributed by atoms with Crippen LogP contribution in [0.2, 0.25) is 0 Å². The predicted octanol–water partition coefficient (Wildman–Crippen LogP) is 3.95. The molecule has 1 aromatic rings. The highest BCUT2D eigenvalue weighted by Crippen LogP contribution is 2.25. The van der Waals surface area contributed by atoms with Crippen LogP contribution in [0.15, 0.2) is 24.3 Å². The van der Waals surface area contributed by atoms with E-state index in [0.717, 1.165) is 0 Å². The molecule has 1 saturated heterocycles. The van der Waals surface area contributed by atoms with E-state index in [1.165, 1.54) is 24.2 Å². The normalized spacial score (nSPS) is 28.6. The minimum absolute atomic E-state index is 0.594. The van der Waals surface area contributed by atoms with Crippen LogP contribution < -0.4 is 5.32 Å². The molecule has 1 N–H and O–H groups in total. The van der Waals surface area contributed by atoms with Crippen molar-refractivity contribution < 1.29 is 0 Å². The van der Waals surface area contributed by atoms with Gasteiger partial charge in [-0.3, -0.25) is 0 Å². The number of hydrogen-bond donors (Lipinski definition) is 1. The third-order valence-corrected chi connectivity index (χ3v) is 4.54. The second kappa shape index (κ2) is 5.96. The summed E-state index contributed by atoms with van der Waals surface area (Å²) < 4.78 is 0. The minimum atomic E-state index is 0.594. The van der Waals surface area contributed by atoms with Crippen molar-refractivity contribution in [1.82, 2.24) is 4.90 Å². The number of anilines is 1. The van der Waals surface area contributed by atoms with Gasteiger partial charge < -0.3 is 10.2 Å². The molecule has 1 aromatic carbocycles.